The first kappa shape index (κ1) is 17.6. The second kappa shape index (κ2) is 8.08. The molecule has 1 aromatic heterocycles. The van der Waals surface area contributed by atoms with Crippen molar-refractivity contribution in [3.8, 4) is 0 Å². The van der Waals surface area contributed by atoms with Gasteiger partial charge in [-0.2, -0.15) is 0 Å². The lowest BCUT2D eigenvalue weighted by Gasteiger charge is -2.01. The van der Waals surface area contributed by atoms with Crippen LogP contribution < -0.4 is 4.57 Å². The summed E-state index contributed by atoms with van der Waals surface area (Å²) in [4.78, 5) is 12.1. The number of carbonyl (C=O) groups excluding carboxylic acids is 1. The maximum atomic E-state index is 12.8. The highest BCUT2D eigenvalue weighted by Gasteiger charge is 2.15. The molecule has 0 saturated carbocycles. The van der Waals surface area contributed by atoms with Crippen molar-refractivity contribution in [1.82, 2.24) is 4.57 Å². The molecule has 21 heavy (non-hydrogen) atoms. The molecule has 1 aromatic carbocycles. The molecule has 114 valence electrons. The van der Waals surface area contributed by atoms with Crippen LogP contribution in [0.25, 0.3) is 0 Å². The summed E-state index contributed by atoms with van der Waals surface area (Å²) in [6, 6.07) is 6.09. The Labute approximate surface area is 135 Å². The van der Waals surface area contributed by atoms with Crippen LogP contribution in [0.4, 0.5) is 4.39 Å². The summed E-state index contributed by atoms with van der Waals surface area (Å²) in [5.41, 5.74) is 0.850. The van der Waals surface area contributed by atoms with Gasteiger partial charge in [-0.15, -0.1) is 17.0 Å². The van der Waals surface area contributed by atoms with E-state index < -0.39 is 0 Å². The fraction of sp³-hybridized carbons (Fsp3) is 0.375. The van der Waals surface area contributed by atoms with Crippen molar-refractivity contribution < 1.29 is 13.8 Å². The highest BCUT2D eigenvalue weighted by atomic mass is 79.9. The second-order valence-electron chi connectivity index (χ2n) is 5.01. The molecule has 0 spiro atoms. The number of nitrogens with zero attached hydrogens (tertiary/aromatic N) is 2. The minimum Gasteiger partial charge on any atom is -0.295 e. The lowest BCUT2D eigenvalue weighted by atomic mass is 10.1. The summed E-state index contributed by atoms with van der Waals surface area (Å²) in [6.07, 6.45) is 5.35. The van der Waals surface area contributed by atoms with Gasteiger partial charge in [-0.25, -0.2) is 13.5 Å². The van der Waals surface area contributed by atoms with E-state index in [0.29, 0.717) is 13.0 Å². The van der Waals surface area contributed by atoms with Gasteiger partial charge in [0.15, 0.2) is 5.78 Å². The Morgan fingerprint density at radius 3 is 2.57 bits per heavy atom. The summed E-state index contributed by atoms with van der Waals surface area (Å²) >= 11 is 0. The molecule has 0 aliphatic heterocycles. The van der Waals surface area contributed by atoms with Gasteiger partial charge in [-0.05, 0) is 24.1 Å². The van der Waals surface area contributed by atoms with E-state index in [1.54, 1.807) is 12.1 Å². The fourth-order valence-corrected chi connectivity index (χ4v) is 2.26. The van der Waals surface area contributed by atoms with Gasteiger partial charge in [-0.3, -0.25) is 4.79 Å². The van der Waals surface area contributed by atoms with Crippen LogP contribution in [0.1, 0.15) is 24.7 Å². The van der Waals surface area contributed by atoms with Crippen LogP contribution in [0.15, 0.2) is 36.7 Å². The number of rotatable bonds is 6. The van der Waals surface area contributed by atoms with Crippen LogP contribution in [0.2, 0.25) is 0 Å². The van der Waals surface area contributed by atoms with Crippen molar-refractivity contribution >= 4 is 22.8 Å². The average Bonchev–Trinajstić information content (AvgIpc) is 2.75. The lowest BCUT2D eigenvalue weighted by molar-refractivity contribution is -0.689. The summed E-state index contributed by atoms with van der Waals surface area (Å²) in [7, 11) is 0. The monoisotopic (exact) mass is 355 g/mol. The van der Waals surface area contributed by atoms with Crippen LogP contribution in [0.3, 0.4) is 0 Å². The molecule has 5 heteroatoms. The first-order chi connectivity index (χ1) is 9.60. The Hall–Kier alpha value is -1.49. The van der Waals surface area contributed by atoms with Crippen molar-refractivity contribution in [3.05, 3.63) is 53.9 Å². The van der Waals surface area contributed by atoms with E-state index in [1.807, 2.05) is 23.9 Å². The standard InChI is InChI=1S/C16H20FN2O.BrH/c1-3-8-18-9-10-19(13(18)2)12-16(20)11-14-4-6-15(17)7-5-14;/h4-7,9-10H,3,8,11-12H2,1-2H3;1H/q+1;. The molecule has 0 N–H and O–H groups in total. The zero-order valence-electron chi connectivity index (χ0n) is 12.4. The van der Waals surface area contributed by atoms with Gasteiger partial charge in [0.2, 0.25) is 0 Å². The Bertz CT molecular complexity index is 593. The van der Waals surface area contributed by atoms with Crippen LogP contribution >= 0.6 is 17.0 Å². The summed E-state index contributed by atoms with van der Waals surface area (Å²) in [6.45, 7) is 5.47. The number of hydrogen-bond acceptors (Lipinski definition) is 1. The number of aryl methyl sites for hydroxylation is 1. The zero-order valence-corrected chi connectivity index (χ0v) is 14.1. The molecule has 0 aliphatic rings. The van der Waals surface area contributed by atoms with E-state index in [9.17, 15) is 9.18 Å². The SMILES string of the molecule is Br.CCCn1cc[n+](CC(=O)Cc2ccc(F)cc2)c1C. The maximum absolute atomic E-state index is 12.8. The summed E-state index contributed by atoms with van der Waals surface area (Å²) in [5.74, 6) is 0.932. The van der Waals surface area contributed by atoms with E-state index in [2.05, 4.69) is 11.5 Å². The molecular weight excluding hydrogens is 335 g/mol. The molecule has 0 saturated heterocycles. The third kappa shape index (κ3) is 4.77. The quantitative estimate of drug-likeness (QED) is 0.731. The van der Waals surface area contributed by atoms with E-state index >= 15 is 0 Å². The molecule has 0 atom stereocenters. The highest BCUT2D eigenvalue weighted by molar-refractivity contribution is 8.93. The predicted molar refractivity (Wildman–Crippen MR) is 85.1 cm³/mol. The van der Waals surface area contributed by atoms with Crippen molar-refractivity contribution in [2.75, 3.05) is 0 Å². The largest absolute Gasteiger partial charge is 0.295 e. The first-order valence-corrected chi connectivity index (χ1v) is 6.91. The van der Waals surface area contributed by atoms with E-state index in [0.717, 1.165) is 24.4 Å². The van der Waals surface area contributed by atoms with Gasteiger partial charge in [0.05, 0.1) is 6.54 Å². The topological polar surface area (TPSA) is 25.9 Å². The number of aromatic nitrogens is 2. The number of imidazole rings is 1. The third-order valence-corrected chi connectivity index (χ3v) is 3.38. The summed E-state index contributed by atoms with van der Waals surface area (Å²) in [5, 5.41) is 0. The van der Waals surface area contributed by atoms with Crippen molar-refractivity contribution in [2.24, 2.45) is 0 Å². The van der Waals surface area contributed by atoms with Gasteiger partial charge in [-0.1, -0.05) is 19.1 Å². The Morgan fingerprint density at radius 1 is 1.29 bits per heavy atom. The molecule has 0 amide bonds. The Kier molecular flexibility index (Phi) is 6.75. The number of ketones is 1. The van der Waals surface area contributed by atoms with Crippen LogP contribution in [0, 0.1) is 12.7 Å². The molecule has 0 unspecified atom stereocenters. The normalized spacial score (nSPS) is 10.2. The van der Waals surface area contributed by atoms with Crippen molar-refractivity contribution in [2.45, 2.75) is 39.8 Å². The minimum atomic E-state index is -0.275. The second-order valence-corrected chi connectivity index (χ2v) is 5.01. The van der Waals surface area contributed by atoms with Gasteiger partial charge >= 0.3 is 0 Å². The molecule has 1 heterocycles. The Balaban J connectivity index is 0.00000220. The highest BCUT2D eigenvalue weighted by Crippen LogP contribution is 2.04. The predicted octanol–water partition coefficient (Wildman–Crippen LogP) is 3.02. The number of carbonyl (C=O) groups is 1. The number of hydrogen-bond donors (Lipinski definition) is 0. The average molecular weight is 356 g/mol. The van der Waals surface area contributed by atoms with Gasteiger partial charge in [0, 0.05) is 13.3 Å². The van der Waals surface area contributed by atoms with Crippen molar-refractivity contribution in [3.63, 3.8) is 0 Å². The molecule has 0 radical (unpaired) electrons. The fourth-order valence-electron chi connectivity index (χ4n) is 2.26. The number of benzene rings is 1. The molecular formula is C16H21BrFN2O+. The molecule has 0 bridgehead atoms. The number of Topliss-reactive ketones (excluding diaryl/α,β-unsaturated/α-hetero) is 1. The Morgan fingerprint density at radius 2 is 1.95 bits per heavy atom. The van der Waals surface area contributed by atoms with Crippen LogP contribution in [-0.4, -0.2) is 10.4 Å². The van der Waals surface area contributed by atoms with E-state index in [4.69, 9.17) is 0 Å². The molecule has 2 aromatic rings. The van der Waals surface area contributed by atoms with Crippen LogP contribution in [-0.2, 0) is 24.3 Å². The third-order valence-electron chi connectivity index (χ3n) is 3.38. The molecule has 0 aliphatic carbocycles. The van der Waals surface area contributed by atoms with Crippen LogP contribution in [0.5, 0.6) is 0 Å². The molecule has 2 rings (SSSR count). The smallest absolute Gasteiger partial charge is 0.253 e. The van der Waals surface area contributed by atoms with Crippen molar-refractivity contribution in [1.29, 1.82) is 0 Å². The lowest BCUT2D eigenvalue weighted by Crippen LogP contribution is -2.40. The first-order valence-electron chi connectivity index (χ1n) is 6.91. The maximum Gasteiger partial charge on any atom is 0.253 e. The molecule has 0 fully saturated rings. The van der Waals surface area contributed by atoms with E-state index in [-0.39, 0.29) is 28.6 Å². The van der Waals surface area contributed by atoms with E-state index in [1.165, 1.54) is 12.1 Å². The molecule has 3 nitrogen and oxygen atoms in total. The zero-order chi connectivity index (χ0) is 14.5. The number of halogens is 2. The van der Waals surface area contributed by atoms with Gasteiger partial charge < -0.3 is 0 Å². The van der Waals surface area contributed by atoms with Gasteiger partial charge in [0.1, 0.15) is 24.8 Å². The summed E-state index contributed by atoms with van der Waals surface area (Å²) < 4.78 is 16.9. The van der Waals surface area contributed by atoms with Gasteiger partial charge in [0.25, 0.3) is 5.82 Å². The minimum absolute atomic E-state index is 0.